The van der Waals surface area contributed by atoms with E-state index in [0.29, 0.717) is 0 Å². The molecular formula is C22H37IN4O. The number of halogens is 1. The lowest BCUT2D eigenvalue weighted by Gasteiger charge is -2.29. The van der Waals surface area contributed by atoms with Crippen LogP contribution in [0.1, 0.15) is 38.2 Å². The van der Waals surface area contributed by atoms with Crippen molar-refractivity contribution in [3.8, 4) is 0 Å². The molecule has 2 saturated heterocycles. The summed E-state index contributed by atoms with van der Waals surface area (Å²) >= 11 is 0. The molecule has 2 aliphatic heterocycles. The number of aliphatic hydroxyl groups is 1. The van der Waals surface area contributed by atoms with Crippen molar-refractivity contribution in [1.29, 1.82) is 0 Å². The SMILES string of the molecule is CCNC(=NCCCN1CCC(O)CC1)N1CCC(Cc2ccccc2)C1.I. The normalized spacial score (nSPS) is 21.6. The zero-order valence-electron chi connectivity index (χ0n) is 17.2. The van der Waals surface area contributed by atoms with Crippen molar-refractivity contribution >= 4 is 29.9 Å². The van der Waals surface area contributed by atoms with Gasteiger partial charge < -0.3 is 20.2 Å². The number of benzene rings is 1. The van der Waals surface area contributed by atoms with E-state index in [2.05, 4.69) is 52.4 Å². The second kappa shape index (κ2) is 12.6. The third kappa shape index (κ3) is 7.52. The van der Waals surface area contributed by atoms with E-state index in [-0.39, 0.29) is 30.1 Å². The molecule has 0 radical (unpaired) electrons. The Bertz CT molecular complexity index is 575. The smallest absolute Gasteiger partial charge is 0.193 e. The molecule has 2 N–H and O–H groups in total. The van der Waals surface area contributed by atoms with Gasteiger partial charge in [-0.05, 0) is 57.1 Å². The summed E-state index contributed by atoms with van der Waals surface area (Å²) < 4.78 is 0. The Labute approximate surface area is 187 Å². The van der Waals surface area contributed by atoms with Crippen LogP contribution in [0.15, 0.2) is 35.3 Å². The van der Waals surface area contributed by atoms with Gasteiger partial charge in [0.2, 0.25) is 0 Å². The highest BCUT2D eigenvalue weighted by Crippen LogP contribution is 2.21. The summed E-state index contributed by atoms with van der Waals surface area (Å²) in [4.78, 5) is 9.79. The minimum atomic E-state index is -0.0846. The highest BCUT2D eigenvalue weighted by Gasteiger charge is 2.25. The van der Waals surface area contributed by atoms with E-state index in [1.807, 2.05) is 0 Å². The predicted octanol–water partition coefficient (Wildman–Crippen LogP) is 2.98. The molecule has 0 aliphatic carbocycles. The van der Waals surface area contributed by atoms with Gasteiger partial charge in [0.1, 0.15) is 0 Å². The van der Waals surface area contributed by atoms with Crippen LogP contribution in [-0.2, 0) is 6.42 Å². The Morgan fingerprint density at radius 2 is 1.89 bits per heavy atom. The van der Waals surface area contributed by atoms with Crippen molar-refractivity contribution in [3.05, 3.63) is 35.9 Å². The molecule has 28 heavy (non-hydrogen) atoms. The Morgan fingerprint density at radius 3 is 2.61 bits per heavy atom. The molecule has 1 aromatic carbocycles. The zero-order valence-corrected chi connectivity index (χ0v) is 19.6. The molecule has 0 aromatic heterocycles. The maximum atomic E-state index is 9.60. The highest BCUT2D eigenvalue weighted by molar-refractivity contribution is 14.0. The van der Waals surface area contributed by atoms with Crippen LogP contribution in [0.4, 0.5) is 0 Å². The molecule has 0 amide bonds. The fourth-order valence-corrected chi connectivity index (χ4v) is 4.19. The summed E-state index contributed by atoms with van der Waals surface area (Å²) in [6.45, 7) is 9.29. The first kappa shape index (κ1) is 23.4. The summed E-state index contributed by atoms with van der Waals surface area (Å²) in [5, 5.41) is 13.1. The first-order chi connectivity index (χ1) is 13.2. The second-order valence-electron chi connectivity index (χ2n) is 7.95. The van der Waals surface area contributed by atoms with Gasteiger partial charge in [0.25, 0.3) is 0 Å². The van der Waals surface area contributed by atoms with Crippen LogP contribution < -0.4 is 5.32 Å². The Morgan fingerprint density at radius 1 is 1.14 bits per heavy atom. The predicted molar refractivity (Wildman–Crippen MR) is 128 cm³/mol. The van der Waals surface area contributed by atoms with Gasteiger partial charge in [-0.2, -0.15) is 0 Å². The number of rotatable bonds is 7. The molecule has 2 fully saturated rings. The average Bonchev–Trinajstić information content (AvgIpc) is 3.15. The quantitative estimate of drug-likeness (QED) is 0.262. The largest absolute Gasteiger partial charge is 0.393 e. The maximum Gasteiger partial charge on any atom is 0.193 e. The van der Waals surface area contributed by atoms with E-state index in [4.69, 9.17) is 4.99 Å². The molecule has 1 unspecified atom stereocenters. The lowest BCUT2D eigenvalue weighted by atomic mass is 9.99. The summed E-state index contributed by atoms with van der Waals surface area (Å²) in [7, 11) is 0. The van der Waals surface area contributed by atoms with Crippen molar-refractivity contribution < 1.29 is 5.11 Å². The van der Waals surface area contributed by atoms with Crippen LogP contribution in [0.2, 0.25) is 0 Å². The third-order valence-corrected chi connectivity index (χ3v) is 5.74. The molecule has 2 heterocycles. The van der Waals surface area contributed by atoms with E-state index >= 15 is 0 Å². The molecule has 0 spiro atoms. The molecular weight excluding hydrogens is 463 g/mol. The van der Waals surface area contributed by atoms with Crippen LogP contribution in [0.3, 0.4) is 0 Å². The fourth-order valence-electron chi connectivity index (χ4n) is 4.19. The molecule has 1 atom stereocenters. The van der Waals surface area contributed by atoms with Gasteiger partial charge in [-0.15, -0.1) is 24.0 Å². The topological polar surface area (TPSA) is 51.1 Å². The Balaban J connectivity index is 0.00000280. The number of nitrogens with one attached hydrogen (secondary N) is 1. The van der Waals surface area contributed by atoms with Crippen molar-refractivity contribution in [2.75, 3.05) is 45.8 Å². The molecule has 158 valence electrons. The van der Waals surface area contributed by atoms with E-state index < -0.39 is 0 Å². The average molecular weight is 500 g/mol. The van der Waals surface area contributed by atoms with Gasteiger partial charge in [0.15, 0.2) is 5.96 Å². The molecule has 1 aromatic rings. The van der Waals surface area contributed by atoms with Gasteiger partial charge in [-0.1, -0.05) is 30.3 Å². The van der Waals surface area contributed by atoms with E-state index in [9.17, 15) is 5.11 Å². The number of nitrogens with zero attached hydrogens (tertiary/aromatic N) is 3. The van der Waals surface area contributed by atoms with Crippen LogP contribution in [0.5, 0.6) is 0 Å². The molecule has 0 bridgehead atoms. The van der Waals surface area contributed by atoms with Crippen molar-refractivity contribution in [2.45, 2.75) is 45.1 Å². The summed E-state index contributed by atoms with van der Waals surface area (Å²) in [5.74, 6) is 1.80. The molecule has 5 nitrogen and oxygen atoms in total. The van der Waals surface area contributed by atoms with E-state index in [1.165, 1.54) is 12.0 Å². The summed E-state index contributed by atoms with van der Waals surface area (Å²) in [6, 6.07) is 10.8. The van der Waals surface area contributed by atoms with Crippen molar-refractivity contribution in [3.63, 3.8) is 0 Å². The third-order valence-electron chi connectivity index (χ3n) is 5.74. The van der Waals surface area contributed by atoms with Crippen molar-refractivity contribution in [2.24, 2.45) is 10.9 Å². The van der Waals surface area contributed by atoms with Crippen molar-refractivity contribution in [1.82, 2.24) is 15.1 Å². The van der Waals surface area contributed by atoms with Crippen LogP contribution >= 0.6 is 24.0 Å². The maximum absolute atomic E-state index is 9.60. The van der Waals surface area contributed by atoms with Gasteiger partial charge in [0, 0.05) is 39.3 Å². The molecule has 0 saturated carbocycles. The summed E-state index contributed by atoms with van der Waals surface area (Å²) in [6.07, 6.45) is 5.25. The number of hydrogen-bond acceptors (Lipinski definition) is 3. The number of aliphatic imine (C=N–C) groups is 1. The van der Waals surface area contributed by atoms with E-state index in [1.54, 1.807) is 0 Å². The monoisotopic (exact) mass is 500 g/mol. The first-order valence-corrected chi connectivity index (χ1v) is 10.7. The Kier molecular flexibility index (Phi) is 10.6. The zero-order chi connectivity index (χ0) is 18.9. The summed E-state index contributed by atoms with van der Waals surface area (Å²) in [5.41, 5.74) is 1.44. The molecule has 3 rings (SSSR count). The molecule has 6 heteroatoms. The van der Waals surface area contributed by atoms with E-state index in [0.717, 1.165) is 83.4 Å². The van der Waals surface area contributed by atoms with Gasteiger partial charge in [0.05, 0.1) is 6.10 Å². The lowest BCUT2D eigenvalue weighted by Crippen LogP contribution is -2.40. The molecule has 2 aliphatic rings. The highest BCUT2D eigenvalue weighted by atomic mass is 127. The fraction of sp³-hybridized carbons (Fsp3) is 0.682. The number of guanidine groups is 1. The minimum Gasteiger partial charge on any atom is -0.393 e. The minimum absolute atomic E-state index is 0. The Hall–Kier alpha value is -0.860. The van der Waals surface area contributed by atoms with Crippen LogP contribution in [-0.4, -0.2) is 72.8 Å². The van der Waals surface area contributed by atoms with Gasteiger partial charge in [-0.3, -0.25) is 4.99 Å². The van der Waals surface area contributed by atoms with Crippen LogP contribution in [0, 0.1) is 5.92 Å². The standard InChI is InChI=1S/C22H36N4O.HI/c1-2-23-22(24-12-6-13-25-14-10-21(27)11-15-25)26-16-9-20(18-26)17-19-7-4-3-5-8-19;/h3-5,7-8,20-21,27H,2,6,9-18H2,1H3,(H,23,24);1H. The second-order valence-corrected chi connectivity index (χ2v) is 7.95. The lowest BCUT2D eigenvalue weighted by molar-refractivity contribution is 0.0824. The number of hydrogen-bond donors (Lipinski definition) is 2. The first-order valence-electron chi connectivity index (χ1n) is 10.7. The number of piperidine rings is 1. The van der Waals surface area contributed by atoms with Gasteiger partial charge in [-0.25, -0.2) is 0 Å². The number of aliphatic hydroxyl groups excluding tert-OH is 1. The number of likely N-dealkylation sites (tertiary alicyclic amines) is 2. The van der Waals surface area contributed by atoms with Gasteiger partial charge >= 0.3 is 0 Å². The van der Waals surface area contributed by atoms with Crippen LogP contribution in [0.25, 0.3) is 0 Å².